The Bertz CT molecular complexity index is 639. The number of hydrogen-bond acceptors (Lipinski definition) is 7. The van der Waals surface area contributed by atoms with Gasteiger partial charge in [0.05, 0.1) is 11.7 Å². The second-order valence-corrected chi connectivity index (χ2v) is 7.13. The molecular weight excluding hydrogens is 296 g/mol. The third-order valence-electron chi connectivity index (χ3n) is 3.40. The topological polar surface area (TPSA) is 135 Å². The lowest BCUT2D eigenvalue weighted by Gasteiger charge is -2.26. The number of carbonyl (C=O) groups is 1. The van der Waals surface area contributed by atoms with Crippen LogP contribution in [0.2, 0.25) is 0 Å². The maximum atomic E-state index is 11.7. The van der Waals surface area contributed by atoms with Crippen molar-refractivity contribution in [2.75, 3.05) is 11.6 Å². The summed E-state index contributed by atoms with van der Waals surface area (Å²) in [6, 6.07) is 0.0697. The fourth-order valence-corrected chi connectivity index (χ4v) is 3.10. The number of amides is 1. The van der Waals surface area contributed by atoms with Crippen molar-refractivity contribution in [2.45, 2.75) is 42.9 Å². The van der Waals surface area contributed by atoms with E-state index >= 15 is 0 Å². The average molecular weight is 314 g/mol. The van der Waals surface area contributed by atoms with Crippen LogP contribution in [0.15, 0.2) is 11.2 Å². The SMILES string of the molecule is CS(=O)(=O)c1nc(NC2CCC(O)CC2)ncc1C(N)=O. The van der Waals surface area contributed by atoms with E-state index in [-0.39, 0.29) is 28.7 Å². The number of nitrogens with one attached hydrogen (secondary N) is 1. The van der Waals surface area contributed by atoms with E-state index in [1.54, 1.807) is 0 Å². The first-order valence-corrected chi connectivity index (χ1v) is 8.48. The molecule has 0 aliphatic heterocycles. The van der Waals surface area contributed by atoms with Gasteiger partial charge in [0.2, 0.25) is 5.95 Å². The predicted octanol–water partition coefficient (Wildman–Crippen LogP) is -0.306. The molecule has 0 spiro atoms. The van der Waals surface area contributed by atoms with Crippen molar-refractivity contribution >= 4 is 21.7 Å². The Morgan fingerprint density at radius 3 is 2.52 bits per heavy atom. The van der Waals surface area contributed by atoms with E-state index in [1.807, 2.05) is 0 Å². The van der Waals surface area contributed by atoms with Gasteiger partial charge in [-0.25, -0.2) is 18.4 Å². The van der Waals surface area contributed by atoms with E-state index in [9.17, 15) is 18.3 Å². The van der Waals surface area contributed by atoms with Crippen LogP contribution in [0.3, 0.4) is 0 Å². The van der Waals surface area contributed by atoms with Crippen molar-refractivity contribution in [3.63, 3.8) is 0 Å². The Kier molecular flexibility index (Phi) is 4.43. The smallest absolute Gasteiger partial charge is 0.253 e. The second kappa shape index (κ2) is 5.94. The quantitative estimate of drug-likeness (QED) is 0.649. The molecule has 1 heterocycles. The highest BCUT2D eigenvalue weighted by Gasteiger charge is 2.23. The number of nitrogens with two attached hydrogens (primary N) is 1. The van der Waals surface area contributed by atoms with Crippen LogP contribution >= 0.6 is 0 Å². The molecule has 1 aliphatic carbocycles. The summed E-state index contributed by atoms with van der Waals surface area (Å²) in [6.45, 7) is 0. The fraction of sp³-hybridized carbons (Fsp3) is 0.583. The fourth-order valence-electron chi connectivity index (χ4n) is 2.29. The molecular formula is C12H18N4O4S. The molecule has 116 valence electrons. The zero-order chi connectivity index (χ0) is 15.6. The minimum atomic E-state index is -3.68. The summed E-state index contributed by atoms with van der Waals surface area (Å²) in [5.74, 6) is -0.746. The van der Waals surface area contributed by atoms with Crippen molar-refractivity contribution in [1.29, 1.82) is 0 Å². The normalized spacial score (nSPS) is 22.8. The first-order valence-electron chi connectivity index (χ1n) is 6.59. The van der Waals surface area contributed by atoms with Gasteiger partial charge in [0.1, 0.15) is 0 Å². The van der Waals surface area contributed by atoms with Gasteiger partial charge in [-0.05, 0) is 25.7 Å². The van der Waals surface area contributed by atoms with Crippen molar-refractivity contribution in [3.8, 4) is 0 Å². The van der Waals surface area contributed by atoms with Gasteiger partial charge in [-0.2, -0.15) is 0 Å². The van der Waals surface area contributed by atoms with Gasteiger partial charge < -0.3 is 16.2 Å². The van der Waals surface area contributed by atoms with E-state index in [0.29, 0.717) is 12.8 Å². The largest absolute Gasteiger partial charge is 0.393 e. The van der Waals surface area contributed by atoms with Crippen LogP contribution < -0.4 is 11.1 Å². The molecule has 1 aromatic rings. The molecule has 9 heteroatoms. The number of carbonyl (C=O) groups excluding carboxylic acids is 1. The number of rotatable bonds is 4. The van der Waals surface area contributed by atoms with Crippen LogP contribution in [0.1, 0.15) is 36.0 Å². The highest BCUT2D eigenvalue weighted by Crippen LogP contribution is 2.22. The number of hydrogen-bond donors (Lipinski definition) is 3. The number of nitrogens with zero attached hydrogens (tertiary/aromatic N) is 2. The van der Waals surface area contributed by atoms with Gasteiger partial charge in [-0.1, -0.05) is 0 Å². The summed E-state index contributed by atoms with van der Waals surface area (Å²) in [4.78, 5) is 19.1. The molecule has 0 atom stereocenters. The van der Waals surface area contributed by atoms with Crippen molar-refractivity contribution in [1.82, 2.24) is 9.97 Å². The molecule has 21 heavy (non-hydrogen) atoms. The van der Waals surface area contributed by atoms with Gasteiger partial charge in [-0.3, -0.25) is 4.79 Å². The Balaban J connectivity index is 2.24. The lowest BCUT2D eigenvalue weighted by molar-refractivity contribution is 0.0996. The van der Waals surface area contributed by atoms with Crippen LogP contribution in [0.4, 0.5) is 5.95 Å². The highest BCUT2D eigenvalue weighted by molar-refractivity contribution is 7.90. The average Bonchev–Trinajstić information content (AvgIpc) is 2.40. The molecule has 0 radical (unpaired) electrons. The number of anilines is 1. The van der Waals surface area contributed by atoms with Crippen molar-refractivity contribution in [2.24, 2.45) is 5.73 Å². The predicted molar refractivity (Wildman–Crippen MR) is 75.5 cm³/mol. The summed E-state index contributed by atoms with van der Waals surface area (Å²) < 4.78 is 23.4. The summed E-state index contributed by atoms with van der Waals surface area (Å²) >= 11 is 0. The van der Waals surface area contributed by atoms with Gasteiger partial charge >= 0.3 is 0 Å². The minimum Gasteiger partial charge on any atom is -0.393 e. The van der Waals surface area contributed by atoms with Crippen LogP contribution in [0.5, 0.6) is 0 Å². The van der Waals surface area contributed by atoms with Crippen LogP contribution in [-0.4, -0.2) is 47.8 Å². The highest BCUT2D eigenvalue weighted by atomic mass is 32.2. The van der Waals surface area contributed by atoms with Crippen molar-refractivity contribution < 1.29 is 18.3 Å². The Hall–Kier alpha value is -1.74. The molecule has 0 aromatic carbocycles. The van der Waals surface area contributed by atoms with Crippen molar-refractivity contribution in [3.05, 3.63) is 11.8 Å². The molecule has 0 saturated heterocycles. The summed E-state index contributed by atoms with van der Waals surface area (Å²) in [6.07, 6.45) is 4.64. The Morgan fingerprint density at radius 2 is 2.00 bits per heavy atom. The van der Waals surface area contributed by atoms with E-state index in [2.05, 4.69) is 15.3 Å². The molecule has 2 rings (SSSR count). The Labute approximate surface area is 122 Å². The van der Waals surface area contributed by atoms with Crippen LogP contribution in [0, 0.1) is 0 Å². The van der Waals surface area contributed by atoms with Gasteiger partial charge in [0.15, 0.2) is 14.9 Å². The molecule has 8 nitrogen and oxygen atoms in total. The molecule has 1 fully saturated rings. The molecule has 0 unspecified atom stereocenters. The third kappa shape index (κ3) is 3.88. The van der Waals surface area contributed by atoms with Gasteiger partial charge in [0, 0.05) is 18.5 Å². The zero-order valence-corrected chi connectivity index (χ0v) is 12.4. The van der Waals surface area contributed by atoms with Gasteiger partial charge in [-0.15, -0.1) is 0 Å². The van der Waals surface area contributed by atoms with E-state index in [4.69, 9.17) is 5.73 Å². The number of aliphatic hydroxyl groups is 1. The third-order valence-corrected chi connectivity index (χ3v) is 4.41. The number of aliphatic hydroxyl groups excluding tert-OH is 1. The lowest BCUT2D eigenvalue weighted by Crippen LogP contribution is -2.29. The molecule has 0 bridgehead atoms. The van der Waals surface area contributed by atoms with Crippen LogP contribution in [-0.2, 0) is 9.84 Å². The zero-order valence-electron chi connectivity index (χ0n) is 11.6. The summed E-state index contributed by atoms with van der Waals surface area (Å²) in [5, 5.41) is 12.1. The number of sulfone groups is 1. The minimum absolute atomic E-state index is 0.0697. The molecule has 1 aromatic heterocycles. The maximum Gasteiger partial charge on any atom is 0.253 e. The maximum absolute atomic E-state index is 11.7. The van der Waals surface area contributed by atoms with Crippen LogP contribution in [0.25, 0.3) is 0 Å². The molecule has 1 saturated carbocycles. The standard InChI is InChI=1S/C12H18N4O4S/c1-21(19,20)11-9(10(13)18)6-14-12(16-11)15-7-2-4-8(17)5-3-7/h6-8,17H,2-5H2,1H3,(H2,13,18)(H,14,15,16). The first-order chi connectivity index (χ1) is 9.77. The molecule has 1 aliphatic rings. The van der Waals surface area contributed by atoms with E-state index in [1.165, 1.54) is 0 Å². The summed E-state index contributed by atoms with van der Waals surface area (Å²) in [5.41, 5.74) is 4.91. The molecule has 4 N–H and O–H groups in total. The monoisotopic (exact) mass is 314 g/mol. The van der Waals surface area contributed by atoms with Gasteiger partial charge in [0.25, 0.3) is 5.91 Å². The first kappa shape index (κ1) is 15.6. The van der Waals surface area contributed by atoms with E-state index in [0.717, 1.165) is 25.3 Å². The lowest BCUT2D eigenvalue weighted by atomic mass is 9.93. The Morgan fingerprint density at radius 1 is 1.38 bits per heavy atom. The summed E-state index contributed by atoms with van der Waals surface area (Å²) in [7, 11) is -3.68. The number of aromatic nitrogens is 2. The van der Waals surface area contributed by atoms with E-state index < -0.39 is 15.7 Å². The number of primary amides is 1. The second-order valence-electron chi connectivity index (χ2n) is 5.20. The molecule has 1 amide bonds.